The van der Waals surface area contributed by atoms with Gasteiger partial charge in [0.05, 0.1) is 0 Å². The van der Waals surface area contributed by atoms with E-state index >= 15 is 0 Å². The minimum Gasteiger partial charge on any atom is -0.508 e. The van der Waals surface area contributed by atoms with Crippen LogP contribution in [0.5, 0.6) is 5.75 Å². The van der Waals surface area contributed by atoms with Crippen molar-refractivity contribution in [2.24, 2.45) is 0 Å². The van der Waals surface area contributed by atoms with Crippen molar-refractivity contribution in [3.8, 4) is 17.6 Å². The van der Waals surface area contributed by atoms with Gasteiger partial charge in [-0.3, -0.25) is 0 Å². The van der Waals surface area contributed by atoms with Crippen LogP contribution in [-0.4, -0.2) is 16.8 Å². The van der Waals surface area contributed by atoms with Crippen molar-refractivity contribution in [3.05, 3.63) is 64.2 Å². The summed E-state index contributed by atoms with van der Waals surface area (Å²) in [5, 5.41) is 9.97. The number of benzene rings is 2. The van der Waals surface area contributed by atoms with Crippen molar-refractivity contribution in [2.75, 3.05) is 0 Å². The molecule has 1 unspecified atom stereocenters. The summed E-state index contributed by atoms with van der Waals surface area (Å²) in [4.78, 5) is 0. The standard InChI is InChI=1S/C27H32O2/c1-5-26(6-2,23-12-13-24(28)20(4)18-23)22-11-9-21(19(3)17-22)10-14-25-27(29-25)15-7-8-16-27/h9,11-13,17-18,25,28H,5-8,15-16H2,1-4H3. The molecule has 2 aromatic carbocycles. The van der Waals surface area contributed by atoms with E-state index in [1.165, 1.54) is 42.4 Å². The van der Waals surface area contributed by atoms with Crippen molar-refractivity contribution in [1.82, 2.24) is 0 Å². The van der Waals surface area contributed by atoms with Gasteiger partial charge >= 0.3 is 0 Å². The van der Waals surface area contributed by atoms with Crippen molar-refractivity contribution in [2.45, 2.75) is 83.3 Å². The van der Waals surface area contributed by atoms with Crippen molar-refractivity contribution >= 4 is 0 Å². The van der Waals surface area contributed by atoms with E-state index in [0.29, 0.717) is 5.75 Å². The van der Waals surface area contributed by atoms with Crippen LogP contribution in [-0.2, 0) is 10.2 Å². The molecule has 4 rings (SSSR count). The Kier molecular flexibility index (Phi) is 5.21. The molecule has 2 nitrogen and oxygen atoms in total. The lowest BCUT2D eigenvalue weighted by Crippen LogP contribution is -2.26. The second-order valence-electron chi connectivity index (χ2n) is 8.86. The minimum absolute atomic E-state index is 0.0529. The molecule has 0 radical (unpaired) electrons. The average molecular weight is 389 g/mol. The lowest BCUT2D eigenvalue weighted by atomic mass is 9.70. The number of phenolic OH excluding ortho intramolecular Hbond substituents is 1. The zero-order valence-electron chi connectivity index (χ0n) is 18.1. The number of aryl methyl sites for hydroxylation is 2. The molecule has 0 bridgehead atoms. The van der Waals surface area contributed by atoms with Crippen molar-refractivity contribution in [3.63, 3.8) is 0 Å². The molecule has 1 aliphatic carbocycles. The maximum atomic E-state index is 9.97. The summed E-state index contributed by atoms with van der Waals surface area (Å²) in [7, 11) is 0. The zero-order valence-corrected chi connectivity index (χ0v) is 18.1. The fourth-order valence-electron chi connectivity index (χ4n) is 5.15. The molecule has 1 spiro atoms. The van der Waals surface area contributed by atoms with Crippen LogP contribution in [0, 0.1) is 25.7 Å². The highest BCUT2D eigenvalue weighted by Crippen LogP contribution is 2.49. The van der Waals surface area contributed by atoms with Gasteiger partial charge in [-0.1, -0.05) is 62.8 Å². The molecule has 1 saturated carbocycles. The second-order valence-corrected chi connectivity index (χ2v) is 8.86. The SMILES string of the molecule is CCC(CC)(c1ccc(O)c(C)c1)c1ccc(C#CC2OC23CCCC3)c(C)c1. The first-order valence-electron chi connectivity index (χ1n) is 11.0. The Bertz CT molecular complexity index is 966. The summed E-state index contributed by atoms with van der Waals surface area (Å²) < 4.78 is 5.92. The number of hydrogen-bond acceptors (Lipinski definition) is 2. The molecule has 2 heteroatoms. The molecule has 1 heterocycles. The van der Waals surface area contributed by atoms with E-state index in [-0.39, 0.29) is 17.1 Å². The van der Waals surface area contributed by atoms with Gasteiger partial charge in [0.25, 0.3) is 0 Å². The summed E-state index contributed by atoms with van der Waals surface area (Å²) in [5.41, 5.74) is 5.88. The number of hydrogen-bond donors (Lipinski definition) is 1. The summed E-state index contributed by atoms with van der Waals surface area (Å²) in [6, 6.07) is 12.8. The van der Waals surface area contributed by atoms with Crippen LogP contribution < -0.4 is 0 Å². The molecule has 152 valence electrons. The van der Waals surface area contributed by atoms with E-state index < -0.39 is 0 Å². The van der Waals surface area contributed by atoms with Crippen molar-refractivity contribution in [1.29, 1.82) is 0 Å². The maximum absolute atomic E-state index is 9.97. The smallest absolute Gasteiger partial charge is 0.148 e. The predicted molar refractivity (Wildman–Crippen MR) is 118 cm³/mol. The quantitative estimate of drug-likeness (QED) is 0.501. The Morgan fingerprint density at radius 1 is 1.00 bits per heavy atom. The fraction of sp³-hybridized carbons (Fsp3) is 0.481. The highest BCUT2D eigenvalue weighted by Gasteiger charge is 2.56. The molecule has 1 atom stereocenters. The predicted octanol–water partition coefficient (Wildman–Crippen LogP) is 6.18. The van der Waals surface area contributed by atoms with Gasteiger partial charge in [-0.2, -0.15) is 0 Å². The molecule has 2 aromatic rings. The molecule has 29 heavy (non-hydrogen) atoms. The number of epoxide rings is 1. The Labute approximate surface area is 175 Å². The van der Waals surface area contributed by atoms with Gasteiger partial charge in [0.2, 0.25) is 0 Å². The summed E-state index contributed by atoms with van der Waals surface area (Å²) >= 11 is 0. The van der Waals surface area contributed by atoms with Gasteiger partial charge in [0, 0.05) is 11.0 Å². The number of phenols is 1. The monoisotopic (exact) mass is 388 g/mol. The molecule has 0 aromatic heterocycles. The maximum Gasteiger partial charge on any atom is 0.148 e. The molecular formula is C27H32O2. The van der Waals surface area contributed by atoms with Gasteiger partial charge < -0.3 is 9.84 Å². The Morgan fingerprint density at radius 2 is 1.62 bits per heavy atom. The number of ether oxygens (including phenoxy) is 1. The van der Waals surface area contributed by atoms with E-state index in [1.54, 1.807) is 0 Å². The van der Waals surface area contributed by atoms with Crippen LogP contribution in [0.4, 0.5) is 0 Å². The number of rotatable bonds is 4. The Hall–Kier alpha value is -2.24. The molecule has 1 saturated heterocycles. The summed E-state index contributed by atoms with van der Waals surface area (Å²) in [5.74, 6) is 7.13. The van der Waals surface area contributed by atoms with E-state index in [9.17, 15) is 5.11 Å². The molecule has 1 N–H and O–H groups in total. The average Bonchev–Trinajstić information content (AvgIpc) is 3.17. The van der Waals surface area contributed by atoms with Crippen LogP contribution in [0.3, 0.4) is 0 Å². The lowest BCUT2D eigenvalue weighted by molar-refractivity contribution is 0.304. The van der Waals surface area contributed by atoms with Crippen LogP contribution in [0.15, 0.2) is 36.4 Å². The normalized spacial score (nSPS) is 19.8. The van der Waals surface area contributed by atoms with E-state index in [1.807, 2.05) is 13.0 Å². The van der Waals surface area contributed by atoms with Gasteiger partial charge in [-0.05, 0) is 73.9 Å². The minimum atomic E-state index is -0.0529. The van der Waals surface area contributed by atoms with Gasteiger partial charge in [0.15, 0.2) is 0 Å². The van der Waals surface area contributed by atoms with Crippen LogP contribution in [0.2, 0.25) is 0 Å². The third kappa shape index (κ3) is 3.47. The molecule has 2 aliphatic rings. The van der Waals surface area contributed by atoms with E-state index in [2.05, 4.69) is 62.9 Å². The van der Waals surface area contributed by atoms with E-state index in [0.717, 1.165) is 24.0 Å². The summed E-state index contributed by atoms with van der Waals surface area (Å²) in [6.45, 7) is 8.63. The summed E-state index contributed by atoms with van der Waals surface area (Å²) in [6.07, 6.45) is 7.05. The highest BCUT2D eigenvalue weighted by atomic mass is 16.6. The van der Waals surface area contributed by atoms with Crippen LogP contribution in [0.1, 0.15) is 80.2 Å². The number of aromatic hydroxyl groups is 1. The third-order valence-corrected chi connectivity index (χ3v) is 7.30. The first-order valence-corrected chi connectivity index (χ1v) is 11.0. The first kappa shape index (κ1) is 20.0. The largest absolute Gasteiger partial charge is 0.508 e. The van der Waals surface area contributed by atoms with Crippen LogP contribution in [0.25, 0.3) is 0 Å². The lowest BCUT2D eigenvalue weighted by Gasteiger charge is -2.34. The fourth-order valence-corrected chi connectivity index (χ4v) is 5.15. The topological polar surface area (TPSA) is 32.8 Å². The zero-order chi connectivity index (χ0) is 20.6. The van der Waals surface area contributed by atoms with Crippen molar-refractivity contribution < 1.29 is 9.84 Å². The van der Waals surface area contributed by atoms with Gasteiger partial charge in [-0.25, -0.2) is 0 Å². The Morgan fingerprint density at radius 3 is 2.21 bits per heavy atom. The third-order valence-electron chi connectivity index (χ3n) is 7.30. The van der Waals surface area contributed by atoms with E-state index in [4.69, 9.17) is 4.74 Å². The molecule has 0 amide bonds. The first-order chi connectivity index (χ1) is 13.9. The Balaban J connectivity index is 1.64. The molecule has 1 aliphatic heterocycles. The van der Waals surface area contributed by atoms with Gasteiger partial charge in [0.1, 0.15) is 17.5 Å². The van der Waals surface area contributed by atoms with Gasteiger partial charge in [-0.15, -0.1) is 0 Å². The highest BCUT2D eigenvalue weighted by molar-refractivity contribution is 5.50. The second kappa shape index (κ2) is 7.54. The molecular weight excluding hydrogens is 356 g/mol. The molecule has 2 fully saturated rings. The van der Waals surface area contributed by atoms with Crippen LogP contribution >= 0.6 is 0 Å².